The lowest BCUT2D eigenvalue weighted by molar-refractivity contribution is -0.143. The zero-order valence-corrected chi connectivity index (χ0v) is 11.4. The Hall–Kier alpha value is -2.44. The number of aliphatic carboxylic acids is 1. The number of halogens is 2. The average molecular weight is 299 g/mol. The van der Waals surface area contributed by atoms with E-state index in [2.05, 4.69) is 6.58 Å². The molecule has 21 heavy (non-hydrogen) atoms. The van der Waals surface area contributed by atoms with Crippen LogP contribution in [0.2, 0.25) is 0 Å². The van der Waals surface area contributed by atoms with Crippen LogP contribution < -0.4 is 0 Å². The van der Waals surface area contributed by atoms with Crippen molar-refractivity contribution in [1.29, 1.82) is 0 Å². The third-order valence-corrected chi connectivity index (χ3v) is 2.70. The number of benzene rings is 1. The Morgan fingerprint density at radius 2 is 2.10 bits per heavy atom. The van der Waals surface area contributed by atoms with E-state index < -0.39 is 29.7 Å². The number of carboxylic acid groups (broad SMARTS) is 1. The lowest BCUT2D eigenvalue weighted by Gasteiger charge is -2.27. The predicted octanol–water partition coefficient (Wildman–Crippen LogP) is 2.74. The molecule has 0 radical (unpaired) electrons. The number of nitrogens with zero attached hydrogens (tertiary/aromatic N) is 1. The maximum absolute atomic E-state index is 13.3. The highest BCUT2D eigenvalue weighted by molar-refractivity contribution is 5.81. The second kappa shape index (κ2) is 7.37. The summed E-state index contributed by atoms with van der Waals surface area (Å²) in [5.74, 6) is -3.66. The molecule has 7 heteroatoms. The van der Waals surface area contributed by atoms with Crippen molar-refractivity contribution in [3.63, 3.8) is 0 Å². The first-order valence-corrected chi connectivity index (χ1v) is 6.14. The normalized spacial score (nSPS) is 11.6. The van der Waals surface area contributed by atoms with E-state index in [0.717, 1.165) is 23.1 Å². The molecule has 0 saturated heterocycles. The molecular weight excluding hydrogens is 284 g/mol. The highest BCUT2D eigenvalue weighted by Gasteiger charge is 2.31. The van der Waals surface area contributed by atoms with E-state index in [9.17, 15) is 23.5 Å². The monoisotopic (exact) mass is 299 g/mol. The summed E-state index contributed by atoms with van der Waals surface area (Å²) in [6, 6.07) is 1.20. The summed E-state index contributed by atoms with van der Waals surface area (Å²) in [6.07, 6.45) is 0.452. The van der Waals surface area contributed by atoms with Crippen LogP contribution in [0.4, 0.5) is 13.6 Å². The average Bonchev–Trinajstić information content (AvgIpc) is 2.44. The maximum atomic E-state index is 13.3. The molecule has 5 nitrogen and oxygen atoms in total. The fourth-order valence-corrected chi connectivity index (χ4v) is 1.77. The van der Waals surface area contributed by atoms with Gasteiger partial charge in [0.05, 0.1) is 0 Å². The van der Waals surface area contributed by atoms with Crippen molar-refractivity contribution in [3.8, 4) is 0 Å². The molecule has 1 N–H and O–H groups in total. The van der Waals surface area contributed by atoms with E-state index in [4.69, 9.17) is 4.74 Å². The molecule has 1 unspecified atom stereocenters. The molecule has 0 bridgehead atoms. The van der Waals surface area contributed by atoms with Crippen LogP contribution in [0.1, 0.15) is 18.5 Å². The largest absolute Gasteiger partial charge is 0.479 e. The molecule has 0 saturated carbocycles. The first kappa shape index (κ1) is 16.6. The second-order valence-electron chi connectivity index (χ2n) is 4.07. The van der Waals surface area contributed by atoms with Crippen molar-refractivity contribution in [2.45, 2.75) is 13.0 Å². The summed E-state index contributed by atoms with van der Waals surface area (Å²) in [6.45, 7) is 4.86. The fourth-order valence-electron chi connectivity index (χ4n) is 1.77. The molecule has 0 aliphatic rings. The van der Waals surface area contributed by atoms with E-state index in [1.165, 1.54) is 6.08 Å². The molecule has 114 valence electrons. The van der Waals surface area contributed by atoms with E-state index in [0.29, 0.717) is 0 Å². The molecule has 1 atom stereocenters. The van der Waals surface area contributed by atoms with Gasteiger partial charge in [-0.05, 0) is 24.6 Å². The molecule has 1 aromatic carbocycles. The molecule has 0 heterocycles. The number of ether oxygens (including phenoxy) is 1. The maximum Gasteiger partial charge on any atom is 0.411 e. The Labute approximate surface area is 120 Å². The lowest BCUT2D eigenvalue weighted by atomic mass is 10.1. The Morgan fingerprint density at radius 3 is 2.57 bits per heavy atom. The van der Waals surface area contributed by atoms with Crippen molar-refractivity contribution in [2.75, 3.05) is 13.2 Å². The molecule has 1 aromatic rings. The topological polar surface area (TPSA) is 66.8 Å². The number of carboxylic acids is 1. The number of hydrogen-bond donors (Lipinski definition) is 1. The van der Waals surface area contributed by atoms with Crippen molar-refractivity contribution in [1.82, 2.24) is 4.90 Å². The van der Waals surface area contributed by atoms with Gasteiger partial charge in [0.25, 0.3) is 0 Å². The first-order valence-electron chi connectivity index (χ1n) is 6.14. The molecule has 1 amide bonds. The quantitative estimate of drug-likeness (QED) is 0.820. The van der Waals surface area contributed by atoms with Crippen LogP contribution in [-0.2, 0) is 9.53 Å². The van der Waals surface area contributed by atoms with Crippen LogP contribution in [0, 0.1) is 11.6 Å². The molecule has 1 rings (SSSR count). The van der Waals surface area contributed by atoms with Crippen LogP contribution in [0.15, 0.2) is 30.9 Å². The van der Waals surface area contributed by atoms with Gasteiger partial charge in [0.2, 0.25) is 0 Å². The summed E-state index contributed by atoms with van der Waals surface area (Å²) in [4.78, 5) is 24.1. The van der Waals surface area contributed by atoms with Crippen LogP contribution in [0.25, 0.3) is 0 Å². The Morgan fingerprint density at radius 1 is 1.43 bits per heavy atom. The molecule has 0 aliphatic carbocycles. The van der Waals surface area contributed by atoms with E-state index in [-0.39, 0.29) is 18.7 Å². The van der Waals surface area contributed by atoms with Gasteiger partial charge in [-0.25, -0.2) is 18.4 Å². The SMILES string of the molecule is C=CCOC(=O)N(CC)C(C(=O)O)c1ccc(F)c(F)c1. The van der Waals surface area contributed by atoms with E-state index in [1.54, 1.807) is 6.92 Å². The number of rotatable bonds is 6. The zero-order valence-electron chi connectivity index (χ0n) is 11.4. The summed E-state index contributed by atoms with van der Waals surface area (Å²) < 4.78 is 31.0. The van der Waals surface area contributed by atoms with Crippen molar-refractivity contribution >= 4 is 12.1 Å². The summed E-state index contributed by atoms with van der Waals surface area (Å²) in [5.41, 5.74) is -0.0567. The Bertz CT molecular complexity index is 548. The second-order valence-corrected chi connectivity index (χ2v) is 4.07. The van der Waals surface area contributed by atoms with E-state index in [1.807, 2.05) is 0 Å². The Kier molecular flexibility index (Phi) is 5.83. The van der Waals surface area contributed by atoms with Gasteiger partial charge >= 0.3 is 12.1 Å². The fraction of sp³-hybridized carbons (Fsp3) is 0.286. The summed E-state index contributed by atoms with van der Waals surface area (Å²) in [7, 11) is 0. The smallest absolute Gasteiger partial charge is 0.411 e. The minimum absolute atomic E-state index is 0.0198. The lowest BCUT2D eigenvalue weighted by Crippen LogP contribution is -2.39. The Balaban J connectivity index is 3.13. The van der Waals surface area contributed by atoms with Gasteiger partial charge in [-0.2, -0.15) is 0 Å². The standard InChI is InChI=1S/C14H15F2NO4/c1-3-7-21-14(20)17(4-2)12(13(18)19)9-5-6-10(15)11(16)8-9/h3,5-6,8,12H,1,4,7H2,2H3,(H,18,19). The van der Waals surface area contributed by atoms with Crippen LogP contribution in [0.5, 0.6) is 0 Å². The minimum Gasteiger partial charge on any atom is -0.479 e. The van der Waals surface area contributed by atoms with E-state index >= 15 is 0 Å². The highest BCUT2D eigenvalue weighted by Crippen LogP contribution is 2.23. The van der Waals surface area contributed by atoms with Crippen LogP contribution >= 0.6 is 0 Å². The first-order chi connectivity index (χ1) is 9.92. The van der Waals surface area contributed by atoms with Gasteiger partial charge in [-0.15, -0.1) is 0 Å². The molecule has 0 spiro atoms. The highest BCUT2D eigenvalue weighted by atomic mass is 19.2. The van der Waals surface area contributed by atoms with Crippen molar-refractivity contribution in [2.24, 2.45) is 0 Å². The summed E-state index contributed by atoms with van der Waals surface area (Å²) >= 11 is 0. The van der Waals surface area contributed by atoms with Crippen LogP contribution in [-0.4, -0.2) is 35.2 Å². The number of likely N-dealkylation sites (N-methyl/N-ethyl adjacent to an activating group) is 1. The minimum atomic E-state index is -1.47. The molecule has 0 aliphatic heterocycles. The van der Waals surface area contributed by atoms with Gasteiger partial charge in [0.15, 0.2) is 17.7 Å². The number of hydrogen-bond acceptors (Lipinski definition) is 3. The third-order valence-electron chi connectivity index (χ3n) is 2.70. The molecular formula is C14H15F2NO4. The number of carbonyl (C=O) groups is 2. The van der Waals surface area contributed by atoms with Gasteiger partial charge in [-0.3, -0.25) is 4.90 Å². The van der Waals surface area contributed by atoms with Crippen molar-refractivity contribution < 1.29 is 28.2 Å². The number of amides is 1. The predicted molar refractivity (Wildman–Crippen MR) is 70.7 cm³/mol. The van der Waals surface area contributed by atoms with Gasteiger partial charge in [0, 0.05) is 6.54 Å². The third kappa shape index (κ3) is 4.01. The molecule has 0 aromatic heterocycles. The van der Waals surface area contributed by atoms with Gasteiger partial charge in [-0.1, -0.05) is 18.7 Å². The van der Waals surface area contributed by atoms with Gasteiger partial charge in [0.1, 0.15) is 6.61 Å². The summed E-state index contributed by atoms with van der Waals surface area (Å²) in [5, 5.41) is 9.28. The zero-order chi connectivity index (χ0) is 16.0. The van der Waals surface area contributed by atoms with Crippen LogP contribution in [0.3, 0.4) is 0 Å². The van der Waals surface area contributed by atoms with Gasteiger partial charge < -0.3 is 9.84 Å². The number of carbonyl (C=O) groups excluding carboxylic acids is 1. The van der Waals surface area contributed by atoms with Crippen molar-refractivity contribution in [3.05, 3.63) is 48.1 Å². The molecule has 0 fully saturated rings.